The fourth-order valence-corrected chi connectivity index (χ4v) is 9.01. The molecule has 1 spiro atoms. The Labute approximate surface area is 352 Å². The molecule has 0 bridgehead atoms. The van der Waals surface area contributed by atoms with Crippen LogP contribution in [0.3, 0.4) is 0 Å². The number of rotatable bonds is 6. The smallest absolute Gasteiger partial charge is 0.416 e. The van der Waals surface area contributed by atoms with E-state index in [0.717, 1.165) is 23.8 Å². The minimum Gasteiger partial charge on any atom is -0.504 e. The van der Waals surface area contributed by atoms with E-state index in [0.29, 0.717) is 68.6 Å². The molecule has 1 unspecified atom stereocenters. The van der Waals surface area contributed by atoms with Crippen LogP contribution in [0.2, 0.25) is 5.02 Å². The number of halogens is 4. The molecule has 3 aliphatic rings. The average Bonchev–Trinajstić information content (AvgIpc) is 3.70. The number of aromatic hydroxyl groups is 1. The third kappa shape index (κ3) is 7.75. The molecule has 20 heteroatoms. The first-order valence-corrected chi connectivity index (χ1v) is 20.2. The number of amides is 4. The number of aromatic nitrogens is 6. The van der Waals surface area contributed by atoms with E-state index in [4.69, 9.17) is 21.7 Å². The molecule has 16 nitrogen and oxygen atoms in total. The highest BCUT2D eigenvalue weighted by atomic mass is 35.5. The number of fused-ring (bicyclic) bond motifs is 3. The van der Waals surface area contributed by atoms with E-state index >= 15 is 0 Å². The summed E-state index contributed by atoms with van der Waals surface area (Å²) in [4.78, 5) is 72.8. The zero-order chi connectivity index (χ0) is 43.4. The molecule has 2 saturated heterocycles. The molecular formula is C41H43ClF3N11O5. The van der Waals surface area contributed by atoms with Crippen molar-refractivity contribution >= 4 is 40.9 Å². The highest BCUT2D eigenvalue weighted by Gasteiger charge is 2.45. The maximum Gasteiger partial charge on any atom is 0.416 e. The summed E-state index contributed by atoms with van der Waals surface area (Å²) in [5, 5.41) is 20.9. The first-order valence-electron chi connectivity index (χ1n) is 19.8. The number of piperidine rings is 1. The fraction of sp³-hybridized carbons (Fsp3) is 0.415. The van der Waals surface area contributed by atoms with E-state index in [1.165, 1.54) is 10.8 Å². The molecule has 0 radical (unpaired) electrons. The van der Waals surface area contributed by atoms with Crippen molar-refractivity contribution in [3.8, 4) is 17.1 Å². The highest BCUT2D eigenvalue weighted by molar-refractivity contribution is 6.33. The van der Waals surface area contributed by atoms with Crippen molar-refractivity contribution in [2.45, 2.75) is 63.2 Å². The summed E-state index contributed by atoms with van der Waals surface area (Å²) in [6.07, 6.45) is -0.915. The molecule has 2 fully saturated rings. The van der Waals surface area contributed by atoms with Crippen LogP contribution in [0.25, 0.3) is 17.2 Å². The monoisotopic (exact) mass is 861 g/mol. The molecular weight excluding hydrogens is 819 g/mol. The lowest BCUT2D eigenvalue weighted by Crippen LogP contribution is -2.51. The van der Waals surface area contributed by atoms with Gasteiger partial charge in [-0.3, -0.25) is 14.4 Å². The van der Waals surface area contributed by atoms with Crippen LogP contribution in [0.1, 0.15) is 70.3 Å². The van der Waals surface area contributed by atoms with Crippen molar-refractivity contribution in [3.05, 3.63) is 97.9 Å². The third-order valence-corrected chi connectivity index (χ3v) is 12.3. The summed E-state index contributed by atoms with van der Waals surface area (Å²) in [6, 6.07) is 9.74. The Hall–Kier alpha value is -6.08. The van der Waals surface area contributed by atoms with Crippen LogP contribution >= 0.6 is 11.6 Å². The standard InChI is InChI=1S/C41H43ClF3N11O5/c1-23-34(58)33(48-22-47-23)37(60)53-16-13-40(14-17-53)12-4-5-29-32(40)36(59)56-38(55(29)21-31(57)49-28-11-10-26(19-27(28)42)41(43,44)45)50-35(51-56)25-8-6-24(7-9-25)30-20-46-15-18-54(30)39(61)52(2)3/h6-11,19,22,30,46,58H,4-5,12-18,20-21H2,1-3H3,(H,49,57). The number of carbonyl (C=O) groups is 3. The SMILES string of the molecule is Cc1ncnc(C(=O)N2CCC3(CCCc4c3c(=O)n3nc(-c5ccc(C6CNCCN6C(=O)N(C)C)cc5)nc3n4CC(=O)Nc3ccc(C(F)(F)F)cc3Cl)CC2)c1O. The molecule has 5 heterocycles. The number of piperazine rings is 1. The van der Waals surface area contributed by atoms with Crippen molar-refractivity contribution in [2.24, 2.45) is 0 Å². The molecule has 2 aliphatic heterocycles. The number of hydrogen-bond donors (Lipinski definition) is 3. The predicted molar refractivity (Wildman–Crippen MR) is 217 cm³/mol. The first-order chi connectivity index (χ1) is 29.1. The molecule has 1 atom stereocenters. The molecule has 1 aliphatic carbocycles. The number of nitrogens with one attached hydrogen (secondary N) is 2. The van der Waals surface area contributed by atoms with Crippen molar-refractivity contribution in [2.75, 3.05) is 52.1 Å². The lowest BCUT2D eigenvalue weighted by atomic mass is 9.66. The molecule has 320 valence electrons. The van der Waals surface area contributed by atoms with Crippen molar-refractivity contribution in [3.63, 3.8) is 0 Å². The van der Waals surface area contributed by atoms with Gasteiger partial charge in [-0.25, -0.2) is 14.8 Å². The van der Waals surface area contributed by atoms with E-state index in [2.05, 4.69) is 20.6 Å². The van der Waals surface area contributed by atoms with E-state index < -0.39 is 34.5 Å². The summed E-state index contributed by atoms with van der Waals surface area (Å²) in [6.45, 7) is 3.48. The normalized spacial score (nSPS) is 17.7. The van der Waals surface area contributed by atoms with E-state index in [-0.39, 0.29) is 71.2 Å². The number of alkyl halides is 3. The van der Waals surface area contributed by atoms with Crippen molar-refractivity contribution in [1.29, 1.82) is 0 Å². The molecule has 3 N–H and O–H groups in total. The number of urea groups is 1. The largest absolute Gasteiger partial charge is 0.504 e. The lowest BCUT2D eigenvalue weighted by molar-refractivity contribution is -0.137. The Morgan fingerprint density at radius 1 is 1.05 bits per heavy atom. The number of aryl methyl sites for hydroxylation is 1. The Morgan fingerprint density at radius 3 is 2.48 bits per heavy atom. The second kappa shape index (κ2) is 16.1. The number of benzene rings is 2. The summed E-state index contributed by atoms with van der Waals surface area (Å²) < 4.78 is 42.9. The number of nitrogens with zero attached hydrogens (tertiary/aromatic N) is 9. The van der Waals surface area contributed by atoms with Crippen LogP contribution in [0.5, 0.6) is 5.75 Å². The minimum atomic E-state index is -4.63. The van der Waals surface area contributed by atoms with Crippen LogP contribution < -0.4 is 16.2 Å². The van der Waals surface area contributed by atoms with Gasteiger partial charge < -0.3 is 35.0 Å². The van der Waals surface area contributed by atoms with E-state index in [1.54, 1.807) is 35.4 Å². The Morgan fingerprint density at radius 2 is 1.79 bits per heavy atom. The van der Waals surface area contributed by atoms with Gasteiger partial charge in [0.25, 0.3) is 11.5 Å². The number of anilines is 1. The van der Waals surface area contributed by atoms with Gasteiger partial charge in [-0.15, -0.1) is 5.10 Å². The van der Waals surface area contributed by atoms with Gasteiger partial charge in [0.15, 0.2) is 17.3 Å². The van der Waals surface area contributed by atoms with Gasteiger partial charge >= 0.3 is 12.2 Å². The van der Waals surface area contributed by atoms with Crippen LogP contribution in [0.15, 0.2) is 53.6 Å². The van der Waals surface area contributed by atoms with Gasteiger partial charge in [0.05, 0.1) is 28.0 Å². The summed E-state index contributed by atoms with van der Waals surface area (Å²) in [5.74, 6) is -1.07. The topological polar surface area (TPSA) is 183 Å². The maximum atomic E-state index is 14.8. The molecule has 5 aromatic rings. The second-order valence-corrected chi connectivity index (χ2v) is 16.3. The van der Waals surface area contributed by atoms with Gasteiger partial charge in [0.1, 0.15) is 12.9 Å². The first kappa shape index (κ1) is 41.6. The second-order valence-electron chi connectivity index (χ2n) is 15.9. The zero-order valence-electron chi connectivity index (χ0n) is 33.6. The van der Waals surface area contributed by atoms with Gasteiger partial charge in [0, 0.05) is 69.1 Å². The van der Waals surface area contributed by atoms with Gasteiger partial charge in [-0.05, 0) is 62.8 Å². The molecule has 2 aromatic carbocycles. The summed E-state index contributed by atoms with van der Waals surface area (Å²) >= 11 is 6.21. The molecule has 8 rings (SSSR count). The number of likely N-dealkylation sites (tertiary alicyclic amines) is 1. The molecule has 61 heavy (non-hydrogen) atoms. The Balaban J connectivity index is 1.16. The van der Waals surface area contributed by atoms with E-state index in [1.807, 2.05) is 29.2 Å². The molecule has 4 amide bonds. The van der Waals surface area contributed by atoms with Crippen LogP contribution in [0, 0.1) is 6.92 Å². The van der Waals surface area contributed by atoms with Crippen LogP contribution in [0.4, 0.5) is 23.7 Å². The average molecular weight is 862 g/mol. The summed E-state index contributed by atoms with van der Waals surface area (Å²) in [5.41, 5.74) is 0.578. The minimum absolute atomic E-state index is 0.0229. The van der Waals surface area contributed by atoms with Gasteiger partial charge in [0.2, 0.25) is 11.7 Å². The predicted octanol–water partition coefficient (Wildman–Crippen LogP) is 4.81. The molecule has 0 saturated carbocycles. The van der Waals surface area contributed by atoms with Crippen LogP contribution in [-0.2, 0) is 29.4 Å². The zero-order valence-corrected chi connectivity index (χ0v) is 34.3. The quantitative estimate of drug-likeness (QED) is 0.214. The van der Waals surface area contributed by atoms with Gasteiger partial charge in [-0.1, -0.05) is 35.9 Å². The highest BCUT2D eigenvalue weighted by Crippen LogP contribution is 2.44. The molecule has 3 aromatic heterocycles. The fourth-order valence-electron chi connectivity index (χ4n) is 8.78. The lowest BCUT2D eigenvalue weighted by Gasteiger charge is -2.45. The summed E-state index contributed by atoms with van der Waals surface area (Å²) in [7, 11) is 3.42. The Kier molecular flexibility index (Phi) is 11.0. The maximum absolute atomic E-state index is 14.8. The van der Waals surface area contributed by atoms with Crippen molar-refractivity contribution in [1.82, 2.24) is 49.1 Å². The number of carbonyl (C=O) groups excluding carboxylic acids is 3. The Bertz CT molecular complexity index is 2610. The van der Waals surface area contributed by atoms with E-state index in [9.17, 15) is 37.5 Å². The van der Waals surface area contributed by atoms with Crippen molar-refractivity contribution < 1.29 is 32.7 Å². The van der Waals surface area contributed by atoms with Crippen LogP contribution in [-0.4, -0.2) is 114 Å². The van der Waals surface area contributed by atoms with Gasteiger partial charge in [-0.2, -0.15) is 22.7 Å². The third-order valence-electron chi connectivity index (χ3n) is 12.0. The number of hydrogen-bond acceptors (Lipinski definition) is 10.